The van der Waals surface area contributed by atoms with E-state index in [0.29, 0.717) is 57.8 Å². The number of likely N-dealkylation sites (N-methyl/N-ethyl adjacent to an activating group) is 1. The molecule has 1 fully saturated rings. The summed E-state index contributed by atoms with van der Waals surface area (Å²) in [6, 6.07) is 11.6. The van der Waals surface area contributed by atoms with Gasteiger partial charge in [-0.15, -0.1) is 0 Å². The second-order valence-corrected chi connectivity index (χ2v) is 11.8. The number of β-amino-alcohol motifs (C(OH)–C–C–N with tert-alkyl or cyclic N) is 1. The molecule has 2 aromatic heterocycles. The Labute approximate surface area is 256 Å². The Morgan fingerprint density at radius 2 is 1.86 bits per heavy atom. The standard InChI is InChI=1S/C31H39N7O6/c1-31(2,3)27-16-28(36-44-27)35-30(40)34-20-7-6-8-22(13-20)43-29-23-14-26(25(41-5)15-24(23)32-19-33-29)42-18-21(39)17-38-11-9-37(4)10-12-38/h6-8,13-16,19,21,39H,9-12,17-18H2,1-5H3,(H2,34,35,36,40)/t21-/m0/s1. The summed E-state index contributed by atoms with van der Waals surface area (Å²) in [5.41, 5.74) is 0.857. The Morgan fingerprint density at radius 3 is 2.59 bits per heavy atom. The molecule has 1 atom stereocenters. The zero-order valence-electron chi connectivity index (χ0n) is 25.7. The van der Waals surface area contributed by atoms with Crippen molar-refractivity contribution < 1.29 is 28.6 Å². The Kier molecular flexibility index (Phi) is 9.47. The van der Waals surface area contributed by atoms with E-state index < -0.39 is 12.1 Å². The molecule has 234 valence electrons. The number of aliphatic hydroxyl groups is 1. The van der Waals surface area contributed by atoms with E-state index in [4.69, 9.17) is 18.7 Å². The average Bonchev–Trinajstić information content (AvgIpc) is 3.46. The Morgan fingerprint density at radius 1 is 1.07 bits per heavy atom. The Balaban J connectivity index is 1.26. The molecule has 1 saturated heterocycles. The van der Waals surface area contributed by atoms with Crippen molar-refractivity contribution >= 4 is 28.4 Å². The number of anilines is 2. The number of benzene rings is 2. The number of amides is 2. The van der Waals surface area contributed by atoms with Crippen LogP contribution in [0, 0.1) is 0 Å². The van der Waals surface area contributed by atoms with Crippen LogP contribution in [-0.4, -0.2) is 95.7 Å². The summed E-state index contributed by atoms with van der Waals surface area (Å²) in [7, 11) is 3.65. The molecular formula is C31H39N7O6. The third-order valence-electron chi connectivity index (χ3n) is 7.18. The SMILES string of the molecule is COc1cc2ncnc(Oc3cccc(NC(=O)Nc4cc(C(C)(C)C)on4)c3)c2cc1OC[C@@H](O)CN1CCN(C)CC1. The predicted octanol–water partition coefficient (Wildman–Crippen LogP) is 4.35. The van der Waals surface area contributed by atoms with E-state index in [1.54, 1.807) is 49.6 Å². The van der Waals surface area contributed by atoms with Gasteiger partial charge in [-0.2, -0.15) is 0 Å². The molecule has 0 saturated carbocycles. The van der Waals surface area contributed by atoms with Crippen molar-refractivity contribution in [3.8, 4) is 23.1 Å². The largest absolute Gasteiger partial charge is 0.493 e. The van der Waals surface area contributed by atoms with Gasteiger partial charge in [-0.3, -0.25) is 10.2 Å². The van der Waals surface area contributed by atoms with Crippen LogP contribution in [0.4, 0.5) is 16.3 Å². The van der Waals surface area contributed by atoms with Crippen LogP contribution in [-0.2, 0) is 5.41 Å². The minimum atomic E-state index is -0.668. The van der Waals surface area contributed by atoms with Gasteiger partial charge in [0.05, 0.1) is 18.0 Å². The van der Waals surface area contributed by atoms with Gasteiger partial charge < -0.3 is 34.1 Å². The molecule has 4 aromatic rings. The maximum Gasteiger partial charge on any atom is 0.324 e. The minimum absolute atomic E-state index is 0.0969. The topological polar surface area (TPSA) is 147 Å². The van der Waals surface area contributed by atoms with E-state index in [9.17, 15) is 9.90 Å². The molecule has 5 rings (SSSR count). The lowest BCUT2D eigenvalue weighted by Crippen LogP contribution is -2.47. The number of fused-ring (bicyclic) bond motifs is 1. The van der Waals surface area contributed by atoms with E-state index in [1.807, 2.05) is 20.8 Å². The van der Waals surface area contributed by atoms with E-state index in [0.717, 1.165) is 26.2 Å². The molecule has 13 nitrogen and oxygen atoms in total. The molecule has 2 aromatic carbocycles. The fourth-order valence-corrected chi connectivity index (χ4v) is 4.68. The number of hydrogen-bond donors (Lipinski definition) is 3. The maximum atomic E-state index is 12.6. The van der Waals surface area contributed by atoms with Crippen LogP contribution < -0.4 is 24.8 Å². The number of nitrogens with one attached hydrogen (secondary N) is 2. The molecule has 0 radical (unpaired) electrons. The van der Waals surface area contributed by atoms with Gasteiger partial charge in [-0.1, -0.05) is 32.0 Å². The second kappa shape index (κ2) is 13.5. The molecular weight excluding hydrogens is 566 g/mol. The van der Waals surface area contributed by atoms with Crippen molar-refractivity contribution in [2.75, 3.05) is 64.1 Å². The number of urea groups is 1. The van der Waals surface area contributed by atoms with Gasteiger partial charge >= 0.3 is 6.03 Å². The molecule has 1 aliphatic rings. The number of piperazine rings is 1. The van der Waals surface area contributed by atoms with Crippen molar-refractivity contribution in [1.82, 2.24) is 24.9 Å². The summed E-state index contributed by atoms with van der Waals surface area (Å²) in [4.78, 5) is 25.8. The van der Waals surface area contributed by atoms with Crippen molar-refractivity contribution in [2.24, 2.45) is 0 Å². The van der Waals surface area contributed by atoms with Crippen molar-refractivity contribution in [3.05, 3.63) is 54.6 Å². The smallest absolute Gasteiger partial charge is 0.324 e. The first-order valence-electron chi connectivity index (χ1n) is 14.4. The summed E-state index contributed by atoms with van der Waals surface area (Å²) in [6.07, 6.45) is 0.732. The quantitative estimate of drug-likeness (QED) is 0.237. The monoisotopic (exact) mass is 605 g/mol. The first-order valence-corrected chi connectivity index (χ1v) is 14.4. The van der Waals surface area contributed by atoms with Crippen molar-refractivity contribution in [2.45, 2.75) is 32.3 Å². The molecule has 0 bridgehead atoms. The molecule has 1 aliphatic heterocycles. The number of aromatic nitrogens is 3. The van der Waals surface area contributed by atoms with Crippen LogP contribution >= 0.6 is 0 Å². The Bertz CT molecular complexity index is 1580. The minimum Gasteiger partial charge on any atom is -0.493 e. The van der Waals surface area contributed by atoms with Gasteiger partial charge in [0, 0.05) is 62.0 Å². The highest BCUT2D eigenvalue weighted by Gasteiger charge is 2.21. The van der Waals surface area contributed by atoms with E-state index in [-0.39, 0.29) is 12.0 Å². The third kappa shape index (κ3) is 7.92. The number of hydrogen-bond acceptors (Lipinski definition) is 11. The Hall–Kier alpha value is -4.46. The zero-order chi connectivity index (χ0) is 31.3. The summed E-state index contributed by atoms with van der Waals surface area (Å²) < 4.78 is 23.0. The fourth-order valence-electron chi connectivity index (χ4n) is 4.68. The number of rotatable bonds is 10. The molecule has 0 unspecified atom stereocenters. The van der Waals surface area contributed by atoms with Crippen molar-refractivity contribution in [3.63, 3.8) is 0 Å². The number of nitrogens with zero attached hydrogens (tertiary/aromatic N) is 5. The van der Waals surface area contributed by atoms with Crippen LogP contribution in [0.15, 0.2) is 53.3 Å². The van der Waals surface area contributed by atoms with E-state index >= 15 is 0 Å². The normalized spacial score (nSPS) is 15.1. The maximum absolute atomic E-state index is 12.6. The van der Waals surface area contributed by atoms with Gasteiger partial charge in [-0.25, -0.2) is 14.8 Å². The highest BCUT2D eigenvalue weighted by Crippen LogP contribution is 2.36. The fraction of sp³-hybridized carbons (Fsp3) is 0.419. The second-order valence-electron chi connectivity index (χ2n) is 11.8. The molecule has 44 heavy (non-hydrogen) atoms. The van der Waals surface area contributed by atoms with Crippen LogP contribution in [0.25, 0.3) is 10.9 Å². The number of methoxy groups -OCH3 is 1. The van der Waals surface area contributed by atoms with Gasteiger partial charge in [0.1, 0.15) is 30.5 Å². The van der Waals surface area contributed by atoms with Gasteiger partial charge in [-0.05, 0) is 25.2 Å². The molecule has 3 heterocycles. The first kappa shape index (κ1) is 31.0. The highest BCUT2D eigenvalue weighted by atomic mass is 16.5. The van der Waals surface area contributed by atoms with Crippen LogP contribution in [0.5, 0.6) is 23.1 Å². The molecule has 13 heteroatoms. The highest BCUT2D eigenvalue weighted by molar-refractivity contribution is 5.99. The predicted molar refractivity (Wildman–Crippen MR) is 166 cm³/mol. The summed E-state index contributed by atoms with van der Waals surface area (Å²) in [5, 5.41) is 20.6. The average molecular weight is 606 g/mol. The van der Waals surface area contributed by atoms with Gasteiger partial charge in [0.2, 0.25) is 5.88 Å². The van der Waals surface area contributed by atoms with Crippen molar-refractivity contribution in [1.29, 1.82) is 0 Å². The molecule has 2 amide bonds. The molecule has 3 N–H and O–H groups in total. The molecule has 0 spiro atoms. The summed E-state index contributed by atoms with van der Waals surface area (Å²) in [6.45, 7) is 10.4. The summed E-state index contributed by atoms with van der Waals surface area (Å²) >= 11 is 0. The lowest BCUT2D eigenvalue weighted by Gasteiger charge is -2.33. The lowest BCUT2D eigenvalue weighted by atomic mass is 9.93. The van der Waals surface area contributed by atoms with Gasteiger partial charge in [0.15, 0.2) is 17.3 Å². The number of carbonyl (C=O) groups is 1. The van der Waals surface area contributed by atoms with Crippen LogP contribution in [0.3, 0.4) is 0 Å². The number of ether oxygens (including phenoxy) is 3. The number of carbonyl (C=O) groups excluding carboxylic acids is 1. The van der Waals surface area contributed by atoms with E-state index in [2.05, 4.69) is 42.6 Å². The van der Waals surface area contributed by atoms with E-state index in [1.165, 1.54) is 6.33 Å². The zero-order valence-corrected chi connectivity index (χ0v) is 25.7. The number of aliphatic hydroxyl groups excluding tert-OH is 1. The van der Waals surface area contributed by atoms with Crippen LogP contribution in [0.2, 0.25) is 0 Å². The van der Waals surface area contributed by atoms with Gasteiger partial charge in [0.25, 0.3) is 0 Å². The van der Waals surface area contributed by atoms with Crippen LogP contribution in [0.1, 0.15) is 26.5 Å². The lowest BCUT2D eigenvalue weighted by molar-refractivity contribution is 0.0498. The molecule has 0 aliphatic carbocycles. The first-order chi connectivity index (χ1) is 21.1. The third-order valence-corrected chi connectivity index (χ3v) is 7.18. The summed E-state index contributed by atoms with van der Waals surface area (Å²) in [5.74, 6) is 2.62.